The molecule has 3 heteroatoms. The number of unbranched alkanes of at least 4 members (excludes halogenated alkanes) is 1. The van der Waals surface area contributed by atoms with Gasteiger partial charge in [-0.25, -0.2) is 0 Å². The first-order valence-electron chi connectivity index (χ1n) is 6.70. The minimum Gasteiger partial charge on any atom is -0.314 e. The van der Waals surface area contributed by atoms with E-state index in [-0.39, 0.29) is 0 Å². The molecular formula is C13H29N3. The second-order valence-corrected chi connectivity index (χ2v) is 5.56. The van der Waals surface area contributed by atoms with E-state index in [9.17, 15) is 0 Å². The lowest BCUT2D eigenvalue weighted by Gasteiger charge is -2.38. The Labute approximate surface area is 101 Å². The minimum atomic E-state index is 0.744. The standard InChI is InChI=1S/C13H29N3/c1-12(2)13-11-14-7-10-16(13)9-6-5-8-15(3)4/h12-14H,5-11H2,1-4H3. The molecule has 0 saturated carbocycles. The van der Waals surface area contributed by atoms with Crippen LogP contribution in [0.15, 0.2) is 0 Å². The molecule has 0 radical (unpaired) electrons. The first-order valence-corrected chi connectivity index (χ1v) is 6.70. The maximum Gasteiger partial charge on any atom is 0.0244 e. The lowest BCUT2D eigenvalue weighted by atomic mass is 10.0. The zero-order valence-corrected chi connectivity index (χ0v) is 11.5. The normalized spacial score (nSPS) is 23.2. The summed E-state index contributed by atoms with van der Waals surface area (Å²) >= 11 is 0. The molecule has 0 amide bonds. The van der Waals surface area contributed by atoms with Gasteiger partial charge in [-0.1, -0.05) is 13.8 Å². The molecule has 1 atom stereocenters. The highest BCUT2D eigenvalue weighted by Crippen LogP contribution is 2.13. The molecule has 1 heterocycles. The number of piperazine rings is 1. The van der Waals surface area contributed by atoms with Crippen LogP contribution in [-0.4, -0.2) is 62.7 Å². The summed E-state index contributed by atoms with van der Waals surface area (Å²) in [4.78, 5) is 4.95. The average molecular weight is 227 g/mol. The Hall–Kier alpha value is -0.120. The molecule has 0 aromatic rings. The van der Waals surface area contributed by atoms with E-state index in [4.69, 9.17) is 0 Å². The fraction of sp³-hybridized carbons (Fsp3) is 1.00. The van der Waals surface area contributed by atoms with E-state index in [1.807, 2.05) is 0 Å². The fourth-order valence-corrected chi connectivity index (χ4v) is 2.45. The third-order valence-electron chi connectivity index (χ3n) is 3.47. The van der Waals surface area contributed by atoms with Crippen molar-refractivity contribution in [3.8, 4) is 0 Å². The van der Waals surface area contributed by atoms with Gasteiger partial charge in [-0.05, 0) is 45.9 Å². The van der Waals surface area contributed by atoms with E-state index in [2.05, 4.69) is 43.1 Å². The van der Waals surface area contributed by atoms with Gasteiger partial charge in [0.15, 0.2) is 0 Å². The van der Waals surface area contributed by atoms with Crippen LogP contribution >= 0.6 is 0 Å². The molecule has 96 valence electrons. The minimum absolute atomic E-state index is 0.744. The molecule has 0 aromatic heterocycles. The van der Waals surface area contributed by atoms with E-state index in [1.165, 1.54) is 39.0 Å². The molecule has 1 fully saturated rings. The lowest BCUT2D eigenvalue weighted by Crippen LogP contribution is -2.53. The number of nitrogens with one attached hydrogen (secondary N) is 1. The molecule has 1 aliphatic rings. The Balaban J connectivity index is 2.22. The molecule has 1 saturated heterocycles. The first kappa shape index (κ1) is 13.9. The van der Waals surface area contributed by atoms with Gasteiger partial charge in [0.05, 0.1) is 0 Å². The number of rotatable bonds is 6. The van der Waals surface area contributed by atoms with Gasteiger partial charge in [-0.2, -0.15) is 0 Å². The second-order valence-electron chi connectivity index (χ2n) is 5.56. The highest BCUT2D eigenvalue weighted by Gasteiger charge is 2.23. The Kier molecular flexibility index (Phi) is 6.32. The van der Waals surface area contributed by atoms with Crippen LogP contribution in [0.2, 0.25) is 0 Å². The number of nitrogens with zero attached hydrogens (tertiary/aromatic N) is 2. The van der Waals surface area contributed by atoms with Crippen molar-refractivity contribution in [1.29, 1.82) is 0 Å². The third kappa shape index (κ3) is 4.81. The van der Waals surface area contributed by atoms with Crippen LogP contribution in [0, 0.1) is 5.92 Å². The Bertz CT molecular complexity index is 180. The van der Waals surface area contributed by atoms with E-state index in [1.54, 1.807) is 0 Å². The van der Waals surface area contributed by atoms with Gasteiger partial charge in [-0.15, -0.1) is 0 Å². The highest BCUT2D eigenvalue weighted by molar-refractivity contribution is 4.81. The van der Waals surface area contributed by atoms with Crippen LogP contribution in [0.4, 0.5) is 0 Å². The van der Waals surface area contributed by atoms with Crippen molar-refractivity contribution in [1.82, 2.24) is 15.1 Å². The largest absolute Gasteiger partial charge is 0.314 e. The Morgan fingerprint density at radius 3 is 2.69 bits per heavy atom. The van der Waals surface area contributed by atoms with Crippen molar-refractivity contribution in [3.63, 3.8) is 0 Å². The predicted octanol–water partition coefficient (Wildman–Crippen LogP) is 1.26. The molecule has 3 nitrogen and oxygen atoms in total. The van der Waals surface area contributed by atoms with Crippen molar-refractivity contribution < 1.29 is 0 Å². The molecule has 0 spiro atoms. The van der Waals surface area contributed by atoms with Gasteiger partial charge < -0.3 is 10.2 Å². The van der Waals surface area contributed by atoms with E-state index in [0.717, 1.165) is 18.5 Å². The molecule has 0 aliphatic carbocycles. The van der Waals surface area contributed by atoms with Crippen LogP contribution in [0.25, 0.3) is 0 Å². The summed E-state index contributed by atoms with van der Waals surface area (Å²) in [6.07, 6.45) is 2.66. The Morgan fingerprint density at radius 2 is 2.06 bits per heavy atom. The summed E-state index contributed by atoms with van der Waals surface area (Å²) in [6, 6.07) is 0.744. The van der Waals surface area contributed by atoms with Gasteiger partial charge in [0.1, 0.15) is 0 Å². The SMILES string of the molecule is CC(C)C1CNCCN1CCCCN(C)C. The van der Waals surface area contributed by atoms with Crippen LogP contribution in [0.5, 0.6) is 0 Å². The second kappa shape index (κ2) is 7.25. The van der Waals surface area contributed by atoms with Crippen molar-refractivity contribution in [2.24, 2.45) is 5.92 Å². The molecular weight excluding hydrogens is 198 g/mol. The van der Waals surface area contributed by atoms with Crippen LogP contribution < -0.4 is 5.32 Å². The lowest BCUT2D eigenvalue weighted by molar-refractivity contribution is 0.121. The fourth-order valence-electron chi connectivity index (χ4n) is 2.45. The van der Waals surface area contributed by atoms with E-state index < -0.39 is 0 Å². The topological polar surface area (TPSA) is 18.5 Å². The summed E-state index contributed by atoms with van der Waals surface area (Å²) in [5, 5.41) is 3.50. The van der Waals surface area contributed by atoms with Gasteiger partial charge >= 0.3 is 0 Å². The van der Waals surface area contributed by atoms with Crippen LogP contribution in [0.3, 0.4) is 0 Å². The monoisotopic (exact) mass is 227 g/mol. The zero-order valence-electron chi connectivity index (χ0n) is 11.5. The molecule has 0 aromatic carbocycles. The highest BCUT2D eigenvalue weighted by atomic mass is 15.2. The molecule has 1 rings (SSSR count). The summed E-state index contributed by atoms with van der Waals surface area (Å²) in [5.41, 5.74) is 0. The Morgan fingerprint density at radius 1 is 1.31 bits per heavy atom. The van der Waals surface area contributed by atoms with Gasteiger partial charge in [0.2, 0.25) is 0 Å². The van der Waals surface area contributed by atoms with Gasteiger partial charge in [-0.3, -0.25) is 4.90 Å². The smallest absolute Gasteiger partial charge is 0.0244 e. The zero-order chi connectivity index (χ0) is 12.0. The maximum atomic E-state index is 3.50. The van der Waals surface area contributed by atoms with Crippen molar-refractivity contribution in [3.05, 3.63) is 0 Å². The average Bonchev–Trinajstić information content (AvgIpc) is 2.24. The van der Waals surface area contributed by atoms with Crippen molar-refractivity contribution in [2.75, 3.05) is 46.8 Å². The van der Waals surface area contributed by atoms with Gasteiger partial charge in [0.25, 0.3) is 0 Å². The molecule has 1 unspecified atom stereocenters. The third-order valence-corrected chi connectivity index (χ3v) is 3.47. The molecule has 1 N–H and O–H groups in total. The molecule has 0 bridgehead atoms. The maximum absolute atomic E-state index is 3.50. The summed E-state index contributed by atoms with van der Waals surface area (Å²) in [5.74, 6) is 0.765. The summed E-state index contributed by atoms with van der Waals surface area (Å²) in [7, 11) is 4.31. The summed E-state index contributed by atoms with van der Waals surface area (Å²) in [6.45, 7) is 10.7. The summed E-state index contributed by atoms with van der Waals surface area (Å²) < 4.78 is 0. The van der Waals surface area contributed by atoms with Crippen molar-refractivity contribution in [2.45, 2.75) is 32.7 Å². The molecule has 1 aliphatic heterocycles. The van der Waals surface area contributed by atoms with Crippen LogP contribution in [-0.2, 0) is 0 Å². The molecule has 16 heavy (non-hydrogen) atoms. The number of hydrogen-bond donors (Lipinski definition) is 1. The van der Waals surface area contributed by atoms with Crippen molar-refractivity contribution >= 4 is 0 Å². The first-order chi connectivity index (χ1) is 7.61. The quantitative estimate of drug-likeness (QED) is 0.689. The van der Waals surface area contributed by atoms with Crippen LogP contribution in [0.1, 0.15) is 26.7 Å². The van der Waals surface area contributed by atoms with E-state index in [0.29, 0.717) is 0 Å². The predicted molar refractivity (Wildman–Crippen MR) is 70.9 cm³/mol. The van der Waals surface area contributed by atoms with E-state index >= 15 is 0 Å². The number of hydrogen-bond acceptors (Lipinski definition) is 3. The van der Waals surface area contributed by atoms with Gasteiger partial charge in [0, 0.05) is 25.7 Å².